The summed E-state index contributed by atoms with van der Waals surface area (Å²) in [6, 6.07) is 31.6. The van der Waals surface area contributed by atoms with Crippen molar-refractivity contribution < 1.29 is 0 Å². The molecule has 3 rings (SSSR count). The minimum atomic E-state index is -3.60. The summed E-state index contributed by atoms with van der Waals surface area (Å²) in [5.74, 6) is 0. The van der Waals surface area contributed by atoms with Crippen LogP contribution in [0, 0.1) is 0 Å². The summed E-state index contributed by atoms with van der Waals surface area (Å²) in [7, 11) is 0. The first-order valence-corrected chi connectivity index (χ1v) is 16.2. The van der Waals surface area contributed by atoms with Gasteiger partial charge in [0.1, 0.15) is 0 Å². The van der Waals surface area contributed by atoms with E-state index in [1.165, 1.54) is 9.37 Å². The molecule has 0 saturated heterocycles. The summed E-state index contributed by atoms with van der Waals surface area (Å²) >= 11 is 9.74. The van der Waals surface area contributed by atoms with Gasteiger partial charge in [-0.25, -0.2) is 0 Å². The summed E-state index contributed by atoms with van der Waals surface area (Å²) in [5.41, 5.74) is 0. The van der Waals surface area contributed by atoms with E-state index >= 15 is 0 Å². The molecule has 22 heavy (non-hydrogen) atoms. The van der Waals surface area contributed by atoms with Crippen LogP contribution in [0.15, 0.2) is 91.0 Å². The van der Waals surface area contributed by atoms with Crippen LogP contribution in [0.3, 0.4) is 0 Å². The van der Waals surface area contributed by atoms with E-state index in [1.807, 2.05) is 18.2 Å². The van der Waals surface area contributed by atoms with Crippen LogP contribution in [-0.4, -0.2) is 23.6 Å². The van der Waals surface area contributed by atoms with Crippen LogP contribution in [0.4, 0.5) is 0 Å². The quantitative estimate of drug-likeness (QED) is 0.364. The van der Waals surface area contributed by atoms with Gasteiger partial charge in [0.2, 0.25) is 0 Å². The molecule has 0 saturated carbocycles. The fourth-order valence-electron chi connectivity index (χ4n) is 2.98. The Kier molecular flexibility index (Phi) is 5.22. The van der Waals surface area contributed by atoms with Crippen molar-refractivity contribution in [3.05, 3.63) is 91.0 Å². The molecule has 0 aliphatic heterocycles. The van der Waals surface area contributed by atoms with Crippen molar-refractivity contribution in [3.63, 3.8) is 0 Å². The minimum absolute atomic E-state index is 0.389. The number of rotatable bonds is 4. The fourth-order valence-corrected chi connectivity index (χ4v) is 24.8. The van der Waals surface area contributed by atoms with Gasteiger partial charge >= 0.3 is 147 Å². The topological polar surface area (TPSA) is 0 Å². The average Bonchev–Trinajstić information content (AvgIpc) is 2.58. The second-order valence-electron chi connectivity index (χ2n) is 5.21. The van der Waals surface area contributed by atoms with Gasteiger partial charge in [-0.15, -0.1) is 0 Å². The molecule has 0 bridgehead atoms. The third-order valence-corrected chi connectivity index (χ3v) is 26.8. The molecule has 110 valence electrons. The van der Waals surface area contributed by atoms with Gasteiger partial charge in [-0.1, -0.05) is 0 Å². The van der Waals surface area contributed by atoms with E-state index in [4.69, 9.17) is 23.2 Å². The van der Waals surface area contributed by atoms with Crippen molar-refractivity contribution in [1.29, 1.82) is 0 Å². The van der Waals surface area contributed by atoms with Crippen LogP contribution >= 0.6 is 23.2 Å². The van der Waals surface area contributed by atoms with Crippen molar-refractivity contribution in [1.82, 2.24) is 0 Å². The summed E-state index contributed by atoms with van der Waals surface area (Å²) in [4.78, 5) is 0. The first kappa shape index (κ1) is 16.0. The molecule has 3 heteroatoms. The summed E-state index contributed by atoms with van der Waals surface area (Å²) in [5, 5.41) is 0. The van der Waals surface area contributed by atoms with Gasteiger partial charge in [-0.05, 0) is 0 Å². The molecule has 3 aromatic carbocycles. The monoisotopic (exact) mass is 522 g/mol. The standard InChI is InChI=1S/3C6H5.CHCl2.Pb/c3*1-2-4-6-5-3-1;2-1-3;/h3*1-5H;1H;. The van der Waals surface area contributed by atoms with Crippen molar-refractivity contribution >= 4 is 53.7 Å². The van der Waals surface area contributed by atoms with Crippen molar-refractivity contribution in [2.45, 2.75) is 2.40 Å². The predicted molar refractivity (Wildman–Crippen MR) is 99.5 cm³/mol. The molecule has 0 unspecified atom stereocenters. The van der Waals surface area contributed by atoms with E-state index < -0.39 is 21.2 Å². The van der Waals surface area contributed by atoms with E-state index in [2.05, 4.69) is 72.8 Å². The molecule has 0 aliphatic carbocycles. The van der Waals surface area contributed by atoms with Crippen LogP contribution in [0.5, 0.6) is 0 Å². The first-order valence-electron chi connectivity index (χ1n) is 7.21. The molecule has 0 nitrogen and oxygen atoms in total. The maximum absolute atomic E-state index is 6.67. The molecule has 0 fully saturated rings. The molecule has 0 spiro atoms. The van der Waals surface area contributed by atoms with Crippen molar-refractivity contribution in [3.8, 4) is 0 Å². The molecule has 0 aliphatic rings. The van der Waals surface area contributed by atoms with Gasteiger partial charge in [-0.3, -0.25) is 0 Å². The van der Waals surface area contributed by atoms with Gasteiger partial charge in [-0.2, -0.15) is 0 Å². The number of halogens is 2. The van der Waals surface area contributed by atoms with Crippen LogP contribution in [0.2, 0.25) is 0 Å². The zero-order chi connectivity index (χ0) is 15.4. The molecule has 0 atom stereocenters. The molecule has 0 N–H and O–H groups in total. The molecule has 0 radical (unpaired) electrons. The van der Waals surface area contributed by atoms with E-state index in [0.29, 0.717) is 0 Å². The SMILES string of the molecule is Cl[CH](Cl)[Pb]([c]1ccccc1)([c]1ccccc1)[c]1ccccc1. The van der Waals surface area contributed by atoms with Crippen molar-refractivity contribution in [2.75, 3.05) is 0 Å². The van der Waals surface area contributed by atoms with Gasteiger partial charge in [0.15, 0.2) is 0 Å². The number of hydrogen-bond donors (Lipinski definition) is 0. The predicted octanol–water partition coefficient (Wildman–Crippen LogP) is 3.50. The third-order valence-electron chi connectivity index (χ3n) is 4.01. The Balaban J connectivity index is 2.34. The Morgan fingerprint density at radius 3 is 1.00 bits per heavy atom. The van der Waals surface area contributed by atoms with Gasteiger partial charge in [0.25, 0.3) is 0 Å². The summed E-state index contributed by atoms with van der Waals surface area (Å²) in [6.45, 7) is 0. The van der Waals surface area contributed by atoms with Crippen molar-refractivity contribution in [2.24, 2.45) is 0 Å². The average molecular weight is 522 g/mol. The van der Waals surface area contributed by atoms with E-state index in [-0.39, 0.29) is 2.40 Å². The van der Waals surface area contributed by atoms with Crippen LogP contribution in [-0.2, 0) is 0 Å². The summed E-state index contributed by atoms with van der Waals surface area (Å²) < 4.78 is 3.53. The van der Waals surface area contributed by atoms with Crippen LogP contribution < -0.4 is 9.37 Å². The normalized spacial score (nSPS) is 11.6. The molecular formula is C19H16Cl2Pb. The maximum atomic E-state index is 6.67. The molecule has 0 heterocycles. The zero-order valence-corrected chi connectivity index (χ0v) is 17.4. The second kappa shape index (κ2) is 7.16. The number of alkyl halides is 2. The Hall–Kier alpha value is -0.838. The molecule has 0 aromatic heterocycles. The second-order valence-corrected chi connectivity index (χ2v) is 24.4. The molecule has 3 aromatic rings. The van der Waals surface area contributed by atoms with Crippen LogP contribution in [0.25, 0.3) is 0 Å². The van der Waals surface area contributed by atoms with Gasteiger partial charge < -0.3 is 0 Å². The van der Waals surface area contributed by atoms with E-state index in [9.17, 15) is 0 Å². The number of hydrogen-bond acceptors (Lipinski definition) is 0. The Morgan fingerprint density at radius 1 is 0.500 bits per heavy atom. The Bertz CT molecular complexity index is 616. The zero-order valence-electron chi connectivity index (χ0n) is 12.0. The Labute approximate surface area is 146 Å². The van der Waals surface area contributed by atoms with E-state index in [0.717, 1.165) is 0 Å². The van der Waals surface area contributed by atoms with Crippen LogP contribution in [0.1, 0.15) is 0 Å². The summed E-state index contributed by atoms with van der Waals surface area (Å²) in [6.07, 6.45) is 0. The van der Waals surface area contributed by atoms with Gasteiger partial charge in [0.05, 0.1) is 0 Å². The Morgan fingerprint density at radius 2 is 0.773 bits per heavy atom. The van der Waals surface area contributed by atoms with E-state index in [1.54, 1.807) is 0 Å². The fraction of sp³-hybridized carbons (Fsp3) is 0.0526. The van der Waals surface area contributed by atoms with Gasteiger partial charge in [0, 0.05) is 0 Å². The first-order chi connectivity index (χ1) is 10.8. The third kappa shape index (κ3) is 2.84. The molecular weight excluding hydrogens is 506 g/mol. The molecule has 0 amide bonds. The number of benzene rings is 3.